The summed E-state index contributed by atoms with van der Waals surface area (Å²) in [5.41, 5.74) is 0.736. The number of carbonyl (C=O) groups is 3. The summed E-state index contributed by atoms with van der Waals surface area (Å²) < 4.78 is 18.6. The van der Waals surface area contributed by atoms with E-state index in [9.17, 15) is 23.9 Å². The molecule has 0 bridgehead atoms. The van der Waals surface area contributed by atoms with Gasteiger partial charge in [0.15, 0.2) is 11.5 Å². The number of anilines is 1. The van der Waals surface area contributed by atoms with Crippen LogP contribution in [0.4, 0.5) is 14.9 Å². The third kappa shape index (κ3) is 4.07. The van der Waals surface area contributed by atoms with E-state index in [1.54, 1.807) is 19.1 Å². The number of aromatic hydroxyl groups is 1. The van der Waals surface area contributed by atoms with Crippen LogP contribution in [-0.2, 0) is 16.0 Å². The fourth-order valence-electron chi connectivity index (χ4n) is 3.00. The molecule has 0 unspecified atom stereocenters. The van der Waals surface area contributed by atoms with Gasteiger partial charge in [0.25, 0.3) is 11.8 Å². The molecule has 30 heavy (non-hydrogen) atoms. The van der Waals surface area contributed by atoms with E-state index in [1.165, 1.54) is 24.3 Å². The zero-order chi connectivity index (χ0) is 21.8. The number of imide groups is 2. The van der Waals surface area contributed by atoms with Gasteiger partial charge in [0, 0.05) is 5.56 Å². The van der Waals surface area contributed by atoms with E-state index in [2.05, 4.69) is 11.9 Å². The summed E-state index contributed by atoms with van der Waals surface area (Å²) in [6.07, 6.45) is 3.23. The third-order valence-corrected chi connectivity index (χ3v) is 4.34. The summed E-state index contributed by atoms with van der Waals surface area (Å²) in [6.45, 7) is 5.69. The van der Waals surface area contributed by atoms with Gasteiger partial charge in [0.05, 0.1) is 12.3 Å². The van der Waals surface area contributed by atoms with Crippen LogP contribution in [0.2, 0.25) is 0 Å². The molecule has 1 saturated heterocycles. The highest BCUT2D eigenvalue weighted by Gasteiger charge is 2.36. The number of nitrogens with zero attached hydrogens (tertiary/aromatic N) is 1. The van der Waals surface area contributed by atoms with Crippen LogP contribution >= 0.6 is 0 Å². The number of phenols is 1. The topological polar surface area (TPSA) is 95.9 Å². The monoisotopic (exact) mass is 410 g/mol. The summed E-state index contributed by atoms with van der Waals surface area (Å²) in [5.74, 6) is -2.11. The molecule has 0 saturated carbocycles. The minimum atomic E-state index is -0.929. The highest BCUT2D eigenvalue weighted by atomic mass is 19.1. The van der Waals surface area contributed by atoms with E-state index in [0.717, 1.165) is 17.0 Å². The Kier molecular flexibility index (Phi) is 5.96. The smallest absolute Gasteiger partial charge is 0.335 e. The largest absolute Gasteiger partial charge is 0.504 e. The van der Waals surface area contributed by atoms with Crippen molar-refractivity contribution in [3.63, 3.8) is 0 Å². The van der Waals surface area contributed by atoms with Crippen molar-refractivity contribution in [3.05, 3.63) is 71.6 Å². The zero-order valence-electron chi connectivity index (χ0n) is 16.1. The van der Waals surface area contributed by atoms with Gasteiger partial charge >= 0.3 is 6.03 Å². The Morgan fingerprint density at radius 3 is 2.53 bits per heavy atom. The van der Waals surface area contributed by atoms with Gasteiger partial charge < -0.3 is 9.84 Å². The van der Waals surface area contributed by atoms with E-state index in [0.29, 0.717) is 24.2 Å². The van der Waals surface area contributed by atoms with Crippen LogP contribution in [0, 0.1) is 5.82 Å². The molecule has 0 radical (unpaired) electrons. The maximum atomic E-state index is 13.2. The molecule has 1 heterocycles. The van der Waals surface area contributed by atoms with Crippen LogP contribution in [0.15, 0.2) is 54.6 Å². The Morgan fingerprint density at radius 1 is 1.20 bits per heavy atom. The van der Waals surface area contributed by atoms with Crippen LogP contribution in [0.25, 0.3) is 6.08 Å². The van der Waals surface area contributed by atoms with Crippen molar-refractivity contribution >= 4 is 29.6 Å². The molecular formula is C22H19FN2O5. The van der Waals surface area contributed by atoms with E-state index in [1.807, 2.05) is 0 Å². The molecule has 0 atom stereocenters. The number of ether oxygens (including phenoxy) is 1. The zero-order valence-corrected chi connectivity index (χ0v) is 16.1. The number of rotatable bonds is 6. The van der Waals surface area contributed by atoms with E-state index >= 15 is 0 Å². The standard InChI is InChI=1S/C22H19FN2O5/c1-3-5-14-10-13(12-18(19(14)26)30-4-2)11-17-20(27)24-22(29)25(21(17)28)16-8-6-15(23)7-9-16/h3,6-12,26H,1,4-5H2,2H3,(H,24,27,29)/b17-11+. The Labute approximate surface area is 172 Å². The van der Waals surface area contributed by atoms with Gasteiger partial charge in [-0.3, -0.25) is 14.9 Å². The number of hydrogen-bond donors (Lipinski definition) is 2. The lowest BCUT2D eigenvalue weighted by molar-refractivity contribution is -0.122. The highest BCUT2D eigenvalue weighted by molar-refractivity contribution is 6.39. The number of phenolic OH excluding ortho intramolecular Hbond substituents is 1. The Bertz CT molecular complexity index is 1060. The molecule has 8 heteroatoms. The van der Waals surface area contributed by atoms with Crippen molar-refractivity contribution in [2.24, 2.45) is 0 Å². The summed E-state index contributed by atoms with van der Waals surface area (Å²) in [5, 5.41) is 12.4. The molecule has 154 valence electrons. The molecule has 2 aromatic rings. The molecule has 0 aliphatic carbocycles. The number of benzene rings is 2. The van der Waals surface area contributed by atoms with Crippen LogP contribution in [0.3, 0.4) is 0 Å². The van der Waals surface area contributed by atoms with Gasteiger partial charge in [0.1, 0.15) is 11.4 Å². The maximum absolute atomic E-state index is 13.2. The first-order valence-electron chi connectivity index (χ1n) is 9.12. The number of amides is 4. The molecule has 2 aromatic carbocycles. The van der Waals surface area contributed by atoms with Crippen LogP contribution in [0.5, 0.6) is 11.5 Å². The second-order valence-electron chi connectivity index (χ2n) is 6.39. The summed E-state index contributed by atoms with van der Waals surface area (Å²) in [7, 11) is 0. The van der Waals surface area contributed by atoms with E-state index in [4.69, 9.17) is 4.74 Å². The van der Waals surface area contributed by atoms with Crippen molar-refractivity contribution in [2.45, 2.75) is 13.3 Å². The number of hydrogen-bond acceptors (Lipinski definition) is 5. The number of nitrogens with one attached hydrogen (secondary N) is 1. The van der Waals surface area contributed by atoms with Crippen LogP contribution in [-0.4, -0.2) is 29.6 Å². The average Bonchev–Trinajstić information content (AvgIpc) is 2.70. The quantitative estimate of drug-likeness (QED) is 0.433. The molecule has 2 N–H and O–H groups in total. The lowest BCUT2D eigenvalue weighted by Crippen LogP contribution is -2.54. The van der Waals surface area contributed by atoms with Gasteiger partial charge in [0.2, 0.25) is 0 Å². The number of halogens is 1. The second-order valence-corrected chi connectivity index (χ2v) is 6.39. The Morgan fingerprint density at radius 2 is 1.90 bits per heavy atom. The maximum Gasteiger partial charge on any atom is 0.335 e. The third-order valence-electron chi connectivity index (χ3n) is 4.34. The van der Waals surface area contributed by atoms with Gasteiger partial charge in [-0.2, -0.15) is 0 Å². The fourth-order valence-corrected chi connectivity index (χ4v) is 3.00. The molecule has 0 aromatic heterocycles. The number of barbiturate groups is 1. The molecular weight excluding hydrogens is 391 g/mol. The van der Waals surface area contributed by atoms with Crippen molar-refractivity contribution in [1.82, 2.24) is 5.32 Å². The Balaban J connectivity index is 2.05. The Hall–Kier alpha value is -3.94. The predicted molar refractivity (Wildman–Crippen MR) is 109 cm³/mol. The summed E-state index contributed by atoms with van der Waals surface area (Å²) >= 11 is 0. The number of carbonyl (C=O) groups excluding carboxylic acids is 3. The lowest BCUT2D eigenvalue weighted by Gasteiger charge is -2.26. The first-order chi connectivity index (χ1) is 14.3. The number of urea groups is 1. The SMILES string of the molecule is C=CCc1cc(/C=C2\C(=O)NC(=O)N(c3ccc(F)cc3)C2=O)cc(OCC)c1O. The average molecular weight is 410 g/mol. The molecule has 1 fully saturated rings. The fraction of sp³-hybridized carbons (Fsp3) is 0.136. The van der Waals surface area contributed by atoms with Crippen molar-refractivity contribution in [2.75, 3.05) is 11.5 Å². The highest BCUT2D eigenvalue weighted by Crippen LogP contribution is 2.33. The van der Waals surface area contributed by atoms with Gasteiger partial charge in [-0.25, -0.2) is 14.1 Å². The molecule has 0 spiro atoms. The summed E-state index contributed by atoms with van der Waals surface area (Å²) in [4.78, 5) is 38.2. The van der Waals surface area contributed by atoms with E-state index in [-0.39, 0.29) is 22.8 Å². The van der Waals surface area contributed by atoms with Gasteiger partial charge in [-0.1, -0.05) is 6.08 Å². The van der Waals surface area contributed by atoms with Gasteiger partial charge in [-0.05, 0) is 61.4 Å². The molecule has 7 nitrogen and oxygen atoms in total. The van der Waals surface area contributed by atoms with Crippen molar-refractivity contribution in [1.29, 1.82) is 0 Å². The van der Waals surface area contributed by atoms with Crippen LogP contribution in [0.1, 0.15) is 18.1 Å². The van der Waals surface area contributed by atoms with Crippen molar-refractivity contribution < 1.29 is 28.6 Å². The summed E-state index contributed by atoms with van der Waals surface area (Å²) in [6, 6.07) is 6.87. The first-order valence-corrected chi connectivity index (χ1v) is 9.12. The second kappa shape index (κ2) is 8.60. The molecule has 1 aliphatic heterocycles. The molecule has 1 aliphatic rings. The molecule has 4 amide bonds. The van der Waals surface area contributed by atoms with Crippen LogP contribution < -0.4 is 15.0 Å². The minimum Gasteiger partial charge on any atom is -0.504 e. The van der Waals surface area contributed by atoms with E-state index < -0.39 is 23.7 Å². The lowest BCUT2D eigenvalue weighted by atomic mass is 10.0. The van der Waals surface area contributed by atoms with Crippen molar-refractivity contribution in [3.8, 4) is 11.5 Å². The normalized spacial score (nSPS) is 15.3. The van der Waals surface area contributed by atoms with Gasteiger partial charge in [-0.15, -0.1) is 6.58 Å². The molecule has 3 rings (SSSR count). The minimum absolute atomic E-state index is 0.0542. The predicted octanol–water partition coefficient (Wildman–Crippen LogP) is 3.32. The first kappa shape index (κ1) is 20.8. The number of allylic oxidation sites excluding steroid dienone is 1.